The standard InChI is InChI=1S/C17H21NO3S/c1-3-6-14-16(17(19)20)22-15(18-14)9-10-21-13-8-5-7-12(4-2)11-13/h5,7-8,11H,3-4,6,9-10H2,1-2H3,(H,19,20). The zero-order valence-electron chi connectivity index (χ0n) is 13.0. The molecular formula is C17H21NO3S. The molecule has 0 atom stereocenters. The fourth-order valence-electron chi connectivity index (χ4n) is 2.19. The molecule has 0 aliphatic rings. The molecule has 0 unspecified atom stereocenters. The van der Waals surface area contributed by atoms with Crippen LogP contribution in [0.1, 0.15) is 46.2 Å². The predicted octanol–water partition coefficient (Wildman–Crippen LogP) is 3.98. The Labute approximate surface area is 134 Å². The van der Waals surface area contributed by atoms with Crippen molar-refractivity contribution in [3.8, 4) is 5.75 Å². The van der Waals surface area contributed by atoms with Crippen LogP contribution in [0.25, 0.3) is 0 Å². The molecule has 0 aliphatic heterocycles. The molecule has 0 aliphatic carbocycles. The van der Waals surface area contributed by atoms with E-state index in [1.807, 2.05) is 25.1 Å². The van der Waals surface area contributed by atoms with Gasteiger partial charge in [-0.25, -0.2) is 9.78 Å². The maximum Gasteiger partial charge on any atom is 0.347 e. The Morgan fingerprint density at radius 1 is 1.32 bits per heavy atom. The largest absolute Gasteiger partial charge is 0.493 e. The monoisotopic (exact) mass is 319 g/mol. The molecule has 118 valence electrons. The van der Waals surface area contributed by atoms with Gasteiger partial charge in [0.25, 0.3) is 0 Å². The van der Waals surface area contributed by atoms with Crippen molar-refractivity contribution in [2.24, 2.45) is 0 Å². The first-order chi connectivity index (χ1) is 10.6. The van der Waals surface area contributed by atoms with Gasteiger partial charge in [-0.05, 0) is 30.5 Å². The Hall–Kier alpha value is -1.88. The number of benzene rings is 1. The summed E-state index contributed by atoms with van der Waals surface area (Å²) >= 11 is 1.26. The van der Waals surface area contributed by atoms with Crippen molar-refractivity contribution in [3.05, 3.63) is 45.4 Å². The van der Waals surface area contributed by atoms with Crippen LogP contribution in [0.15, 0.2) is 24.3 Å². The summed E-state index contributed by atoms with van der Waals surface area (Å²) in [5, 5.41) is 10.0. The van der Waals surface area contributed by atoms with E-state index >= 15 is 0 Å². The van der Waals surface area contributed by atoms with Crippen molar-refractivity contribution in [3.63, 3.8) is 0 Å². The first-order valence-corrected chi connectivity index (χ1v) is 8.39. The number of carboxylic acid groups (broad SMARTS) is 1. The molecule has 4 nitrogen and oxygen atoms in total. The quantitative estimate of drug-likeness (QED) is 0.799. The molecule has 0 radical (unpaired) electrons. The second-order valence-electron chi connectivity index (χ2n) is 5.04. The molecule has 1 aromatic heterocycles. The van der Waals surface area contributed by atoms with Gasteiger partial charge >= 0.3 is 5.97 Å². The fourth-order valence-corrected chi connectivity index (χ4v) is 3.12. The van der Waals surface area contributed by atoms with Crippen LogP contribution in [0.3, 0.4) is 0 Å². The molecule has 1 N–H and O–H groups in total. The van der Waals surface area contributed by atoms with Gasteiger partial charge in [0.05, 0.1) is 17.3 Å². The lowest BCUT2D eigenvalue weighted by Crippen LogP contribution is -2.01. The molecule has 0 saturated carbocycles. The second-order valence-corrected chi connectivity index (χ2v) is 6.12. The molecule has 1 aromatic carbocycles. The van der Waals surface area contributed by atoms with Gasteiger partial charge in [-0.3, -0.25) is 0 Å². The number of ether oxygens (including phenoxy) is 1. The molecule has 2 rings (SSSR count). The Balaban J connectivity index is 1.96. The second kappa shape index (κ2) is 7.94. The lowest BCUT2D eigenvalue weighted by atomic mass is 10.2. The number of aryl methyl sites for hydroxylation is 2. The number of nitrogens with zero attached hydrogens (tertiary/aromatic N) is 1. The highest BCUT2D eigenvalue weighted by Crippen LogP contribution is 2.21. The van der Waals surface area contributed by atoms with Crippen LogP contribution >= 0.6 is 11.3 Å². The summed E-state index contributed by atoms with van der Waals surface area (Å²) in [6.45, 7) is 4.64. The number of thiazole rings is 1. The number of hydrogen-bond acceptors (Lipinski definition) is 4. The van der Waals surface area contributed by atoms with E-state index in [0.717, 1.165) is 23.6 Å². The SMILES string of the molecule is CCCc1nc(CCOc2cccc(CC)c2)sc1C(=O)O. The highest BCUT2D eigenvalue weighted by molar-refractivity contribution is 7.13. The molecule has 1 heterocycles. The van der Waals surface area contributed by atoms with Crippen molar-refractivity contribution in [2.75, 3.05) is 6.61 Å². The van der Waals surface area contributed by atoms with E-state index in [-0.39, 0.29) is 0 Å². The summed E-state index contributed by atoms with van der Waals surface area (Å²) in [4.78, 5) is 16.0. The summed E-state index contributed by atoms with van der Waals surface area (Å²) < 4.78 is 5.74. The molecule has 0 fully saturated rings. The summed E-state index contributed by atoms with van der Waals surface area (Å²) in [5.74, 6) is -0.0353. The van der Waals surface area contributed by atoms with E-state index in [9.17, 15) is 9.90 Å². The number of carbonyl (C=O) groups is 1. The third-order valence-corrected chi connectivity index (χ3v) is 4.46. The zero-order chi connectivity index (χ0) is 15.9. The lowest BCUT2D eigenvalue weighted by Gasteiger charge is -2.06. The van der Waals surface area contributed by atoms with Crippen LogP contribution < -0.4 is 4.74 Å². The Bertz CT molecular complexity index is 637. The zero-order valence-corrected chi connectivity index (χ0v) is 13.8. The van der Waals surface area contributed by atoms with Crippen molar-refractivity contribution in [2.45, 2.75) is 39.5 Å². The van der Waals surface area contributed by atoms with Gasteiger partial charge in [-0.2, -0.15) is 0 Å². The van der Waals surface area contributed by atoms with E-state index < -0.39 is 5.97 Å². The minimum absolute atomic E-state index is 0.366. The maximum absolute atomic E-state index is 11.2. The molecule has 0 saturated heterocycles. The topological polar surface area (TPSA) is 59.4 Å². The van der Waals surface area contributed by atoms with Crippen molar-refractivity contribution in [1.82, 2.24) is 4.98 Å². The first kappa shape index (κ1) is 16.5. The van der Waals surface area contributed by atoms with Crippen LogP contribution in [-0.4, -0.2) is 22.7 Å². The van der Waals surface area contributed by atoms with E-state index in [2.05, 4.69) is 18.0 Å². The normalized spacial score (nSPS) is 10.6. The van der Waals surface area contributed by atoms with E-state index in [1.165, 1.54) is 16.9 Å². The summed E-state index contributed by atoms with van der Waals surface area (Å²) in [6.07, 6.45) is 3.21. The number of hydrogen-bond donors (Lipinski definition) is 1. The number of carboxylic acids is 1. The Morgan fingerprint density at radius 3 is 2.82 bits per heavy atom. The molecule has 0 spiro atoms. The van der Waals surface area contributed by atoms with Gasteiger partial charge in [-0.15, -0.1) is 11.3 Å². The highest BCUT2D eigenvalue weighted by Gasteiger charge is 2.16. The molecule has 0 amide bonds. The molecular weight excluding hydrogens is 298 g/mol. The smallest absolute Gasteiger partial charge is 0.347 e. The average molecular weight is 319 g/mol. The van der Waals surface area contributed by atoms with Gasteiger partial charge in [0.1, 0.15) is 10.6 Å². The molecule has 22 heavy (non-hydrogen) atoms. The highest BCUT2D eigenvalue weighted by atomic mass is 32.1. The predicted molar refractivity (Wildman–Crippen MR) is 88.1 cm³/mol. The molecule has 5 heteroatoms. The number of aromatic carboxylic acids is 1. The minimum Gasteiger partial charge on any atom is -0.493 e. The van der Waals surface area contributed by atoms with Crippen LogP contribution in [0, 0.1) is 0 Å². The summed E-state index contributed by atoms with van der Waals surface area (Å²) in [6, 6.07) is 8.03. The summed E-state index contributed by atoms with van der Waals surface area (Å²) in [7, 11) is 0. The van der Waals surface area contributed by atoms with Gasteiger partial charge in [0.2, 0.25) is 0 Å². The molecule has 2 aromatic rings. The van der Waals surface area contributed by atoms with E-state index in [4.69, 9.17) is 4.74 Å². The van der Waals surface area contributed by atoms with Gasteiger partial charge in [0, 0.05) is 6.42 Å². The number of rotatable bonds is 8. The van der Waals surface area contributed by atoms with Gasteiger partial charge in [-0.1, -0.05) is 32.4 Å². The van der Waals surface area contributed by atoms with E-state index in [1.54, 1.807) is 0 Å². The maximum atomic E-state index is 11.2. The average Bonchev–Trinajstić information content (AvgIpc) is 2.91. The van der Waals surface area contributed by atoms with Crippen molar-refractivity contribution >= 4 is 17.3 Å². The third-order valence-electron chi connectivity index (χ3n) is 3.31. The van der Waals surface area contributed by atoms with Crippen LogP contribution in [0.5, 0.6) is 5.75 Å². The first-order valence-electron chi connectivity index (χ1n) is 7.57. The summed E-state index contributed by atoms with van der Waals surface area (Å²) in [5.41, 5.74) is 1.94. The lowest BCUT2D eigenvalue weighted by molar-refractivity contribution is 0.0700. The van der Waals surface area contributed by atoms with Crippen LogP contribution in [0.2, 0.25) is 0 Å². The van der Waals surface area contributed by atoms with Crippen LogP contribution in [0.4, 0.5) is 0 Å². The van der Waals surface area contributed by atoms with Crippen molar-refractivity contribution in [1.29, 1.82) is 0 Å². The molecule has 0 bridgehead atoms. The third kappa shape index (κ3) is 4.31. The Morgan fingerprint density at radius 2 is 2.14 bits per heavy atom. The fraction of sp³-hybridized carbons (Fsp3) is 0.412. The van der Waals surface area contributed by atoms with Crippen LogP contribution in [-0.2, 0) is 19.3 Å². The van der Waals surface area contributed by atoms with Gasteiger partial charge < -0.3 is 9.84 Å². The number of aromatic nitrogens is 1. The Kier molecular flexibility index (Phi) is 5.95. The van der Waals surface area contributed by atoms with E-state index in [0.29, 0.717) is 30.0 Å². The minimum atomic E-state index is -0.885. The van der Waals surface area contributed by atoms with Crippen molar-refractivity contribution < 1.29 is 14.6 Å². The van der Waals surface area contributed by atoms with Gasteiger partial charge in [0.15, 0.2) is 0 Å².